The number of carbonyl (C=O) groups excluding carboxylic acids is 3. The molecule has 11 heteroatoms. The van der Waals surface area contributed by atoms with Gasteiger partial charge in [-0.3, -0.25) is 0 Å². The number of nitrogens with zero attached hydrogens (tertiary/aromatic N) is 2. The largest absolute Gasteiger partial charge is 0.456 e. The number of rotatable bonds is 8. The lowest BCUT2D eigenvalue weighted by molar-refractivity contribution is 0.0224. The molecule has 3 aromatic rings. The van der Waals surface area contributed by atoms with Crippen LogP contribution in [0, 0.1) is 0 Å². The van der Waals surface area contributed by atoms with Gasteiger partial charge in [-0.2, -0.15) is 0 Å². The molecule has 2 amide bonds. The maximum absolute atomic E-state index is 13.5. The second-order valence-corrected chi connectivity index (χ2v) is 13.1. The number of hydrogen-bond acceptors (Lipinski definition) is 9. The van der Waals surface area contributed by atoms with Crippen LogP contribution in [0.3, 0.4) is 0 Å². The Bertz CT molecular complexity index is 1640. The van der Waals surface area contributed by atoms with E-state index in [1.54, 1.807) is 14.1 Å². The minimum Gasteiger partial charge on any atom is -0.456 e. The number of alkyl carbamates (subject to hydrolysis) is 2. The molecule has 4 aliphatic rings. The van der Waals surface area contributed by atoms with E-state index in [2.05, 4.69) is 44.7 Å². The lowest BCUT2D eigenvalue weighted by Crippen LogP contribution is -2.41. The lowest BCUT2D eigenvalue weighted by Gasteiger charge is -2.41. The number of carbonyl (C=O) groups is 3. The third kappa shape index (κ3) is 6.11. The zero-order valence-electron chi connectivity index (χ0n) is 28.2. The van der Waals surface area contributed by atoms with Gasteiger partial charge in [0.2, 0.25) is 0 Å². The molecular weight excluding hydrogens is 624 g/mol. The summed E-state index contributed by atoms with van der Waals surface area (Å²) in [5, 5.41) is 5.03. The first kappa shape index (κ1) is 32.6. The maximum atomic E-state index is 13.5. The van der Waals surface area contributed by atoms with E-state index in [9.17, 15) is 14.4 Å². The van der Waals surface area contributed by atoms with Gasteiger partial charge in [0, 0.05) is 92.3 Å². The molecular formula is C38H44N4O7. The van der Waals surface area contributed by atoms with Gasteiger partial charge in [0.1, 0.15) is 11.5 Å². The molecule has 258 valence electrons. The van der Waals surface area contributed by atoms with E-state index in [1.165, 1.54) is 0 Å². The molecule has 3 aromatic carbocycles. The van der Waals surface area contributed by atoms with Crippen LogP contribution in [-0.2, 0) is 19.8 Å². The second-order valence-electron chi connectivity index (χ2n) is 13.1. The van der Waals surface area contributed by atoms with Crippen LogP contribution in [0.15, 0.2) is 60.7 Å². The standard InChI is InChI=1S/C38H44N4O7/c1-39-36(44)46-21-17-25-9-5-7-19-41(25)27-13-15-31-33(23-27)48-34-24-28(42-20-8-6-10-26(42)18-22-47-37(45)40-2)14-16-32(34)38(31)30-12-4-3-11-29(30)35(43)49-38/h3-4,11-16,23-26H,5-10,17-22H2,1-2H3,(H,39,44)(H,40,45). The van der Waals surface area contributed by atoms with Crippen molar-refractivity contribution in [2.75, 3.05) is 50.2 Å². The highest BCUT2D eigenvalue weighted by Gasteiger charge is 2.53. The Hall–Kier alpha value is -4.93. The molecule has 1 spiro atoms. The number of ether oxygens (including phenoxy) is 4. The quantitative estimate of drug-likeness (QED) is 0.206. The third-order valence-corrected chi connectivity index (χ3v) is 10.4. The van der Waals surface area contributed by atoms with E-state index in [4.69, 9.17) is 18.9 Å². The van der Waals surface area contributed by atoms with Gasteiger partial charge in [0.05, 0.1) is 18.8 Å². The topological polar surface area (TPSA) is 119 Å². The highest BCUT2D eigenvalue weighted by Crippen LogP contribution is 2.57. The smallest absolute Gasteiger partial charge is 0.406 e. The van der Waals surface area contributed by atoms with Crippen molar-refractivity contribution in [2.45, 2.75) is 69.1 Å². The van der Waals surface area contributed by atoms with Gasteiger partial charge in [-0.05, 0) is 68.9 Å². The molecule has 11 nitrogen and oxygen atoms in total. The van der Waals surface area contributed by atoms with Crippen LogP contribution in [0.2, 0.25) is 0 Å². The molecule has 7 rings (SSSR count). The van der Waals surface area contributed by atoms with Crippen LogP contribution < -0.4 is 25.2 Å². The molecule has 2 atom stereocenters. The number of fused-ring (bicyclic) bond motifs is 6. The van der Waals surface area contributed by atoms with E-state index in [0.717, 1.165) is 92.5 Å². The first-order valence-corrected chi connectivity index (χ1v) is 17.4. The van der Waals surface area contributed by atoms with Gasteiger partial charge in [0.15, 0.2) is 5.60 Å². The van der Waals surface area contributed by atoms with Crippen molar-refractivity contribution in [3.8, 4) is 11.5 Å². The third-order valence-electron chi connectivity index (χ3n) is 10.4. The van der Waals surface area contributed by atoms with Gasteiger partial charge in [-0.25, -0.2) is 14.4 Å². The summed E-state index contributed by atoms with van der Waals surface area (Å²) in [6, 6.07) is 20.4. The van der Waals surface area contributed by atoms with E-state index < -0.39 is 17.8 Å². The monoisotopic (exact) mass is 668 g/mol. The highest BCUT2D eigenvalue weighted by atomic mass is 16.6. The predicted molar refractivity (Wildman–Crippen MR) is 185 cm³/mol. The van der Waals surface area contributed by atoms with Crippen LogP contribution in [0.1, 0.15) is 78.4 Å². The van der Waals surface area contributed by atoms with Crippen molar-refractivity contribution >= 4 is 29.5 Å². The summed E-state index contributed by atoms with van der Waals surface area (Å²) in [4.78, 5) is 41.6. The van der Waals surface area contributed by atoms with Crippen molar-refractivity contribution in [2.24, 2.45) is 0 Å². The molecule has 2 unspecified atom stereocenters. The Morgan fingerprint density at radius 2 is 1.29 bits per heavy atom. The SMILES string of the molecule is CNC(=O)OCCC1CCCCN1c1ccc2c(c1)Oc1cc(N3CCCCC3CCOC(=O)NC)ccc1C21OC(=O)c2ccccc21. The van der Waals surface area contributed by atoms with E-state index >= 15 is 0 Å². The summed E-state index contributed by atoms with van der Waals surface area (Å²) in [6.07, 6.45) is 6.96. The number of hydrogen-bond donors (Lipinski definition) is 2. The van der Waals surface area contributed by atoms with Crippen molar-refractivity contribution in [1.29, 1.82) is 0 Å². The molecule has 2 saturated heterocycles. The van der Waals surface area contributed by atoms with Crippen LogP contribution in [0.4, 0.5) is 21.0 Å². The van der Waals surface area contributed by atoms with Crippen molar-refractivity contribution in [3.63, 3.8) is 0 Å². The molecule has 0 aromatic heterocycles. The fourth-order valence-corrected chi connectivity index (χ4v) is 8.01. The number of benzene rings is 3. The van der Waals surface area contributed by atoms with Crippen molar-refractivity contribution < 1.29 is 33.3 Å². The Balaban J connectivity index is 1.25. The fraction of sp³-hybridized carbons (Fsp3) is 0.447. The predicted octanol–water partition coefficient (Wildman–Crippen LogP) is 6.46. The van der Waals surface area contributed by atoms with Crippen molar-refractivity contribution in [1.82, 2.24) is 10.6 Å². The van der Waals surface area contributed by atoms with Gasteiger partial charge in [-0.15, -0.1) is 0 Å². The molecule has 2 N–H and O–H groups in total. The van der Waals surface area contributed by atoms with Crippen LogP contribution in [0.5, 0.6) is 11.5 Å². The van der Waals surface area contributed by atoms with Crippen LogP contribution in [-0.4, -0.2) is 70.6 Å². The molecule has 0 bridgehead atoms. The molecule has 0 saturated carbocycles. The summed E-state index contributed by atoms with van der Waals surface area (Å²) < 4.78 is 23.9. The Morgan fingerprint density at radius 3 is 1.82 bits per heavy atom. The highest BCUT2D eigenvalue weighted by molar-refractivity contribution is 5.97. The number of esters is 1. The van der Waals surface area contributed by atoms with E-state index in [1.807, 2.05) is 36.4 Å². The van der Waals surface area contributed by atoms with Crippen LogP contribution >= 0.6 is 0 Å². The summed E-state index contributed by atoms with van der Waals surface area (Å²) in [5.74, 6) is 0.931. The minimum absolute atomic E-state index is 0.210. The summed E-state index contributed by atoms with van der Waals surface area (Å²) in [7, 11) is 3.12. The summed E-state index contributed by atoms with van der Waals surface area (Å²) >= 11 is 0. The minimum atomic E-state index is -1.15. The molecule has 4 heterocycles. The maximum Gasteiger partial charge on any atom is 0.406 e. The average molecular weight is 669 g/mol. The average Bonchev–Trinajstić information content (AvgIpc) is 3.43. The lowest BCUT2D eigenvalue weighted by atomic mass is 9.77. The second kappa shape index (κ2) is 13.9. The number of anilines is 2. The normalized spacial score (nSPS) is 22.3. The number of piperidine rings is 2. The molecule has 49 heavy (non-hydrogen) atoms. The zero-order chi connectivity index (χ0) is 34.0. The first-order chi connectivity index (χ1) is 23.9. The summed E-state index contributed by atoms with van der Waals surface area (Å²) in [6.45, 7) is 2.44. The zero-order valence-corrected chi connectivity index (χ0v) is 28.2. The Kier molecular flexibility index (Phi) is 9.25. The van der Waals surface area contributed by atoms with Gasteiger partial charge in [0.25, 0.3) is 0 Å². The van der Waals surface area contributed by atoms with E-state index in [0.29, 0.717) is 30.3 Å². The van der Waals surface area contributed by atoms with Gasteiger partial charge >= 0.3 is 18.2 Å². The number of amides is 2. The van der Waals surface area contributed by atoms with Gasteiger partial charge < -0.3 is 39.4 Å². The number of nitrogens with one attached hydrogen (secondary N) is 2. The van der Waals surface area contributed by atoms with E-state index in [-0.39, 0.29) is 18.1 Å². The van der Waals surface area contributed by atoms with Crippen molar-refractivity contribution in [3.05, 3.63) is 82.9 Å². The Labute approximate surface area is 286 Å². The summed E-state index contributed by atoms with van der Waals surface area (Å²) in [5.41, 5.74) is 3.80. The molecule has 0 radical (unpaired) electrons. The molecule has 4 aliphatic heterocycles. The van der Waals surface area contributed by atoms with Crippen LogP contribution in [0.25, 0.3) is 0 Å². The van der Waals surface area contributed by atoms with Gasteiger partial charge in [-0.1, -0.05) is 18.2 Å². The molecule has 2 fully saturated rings. The molecule has 0 aliphatic carbocycles. The first-order valence-electron chi connectivity index (χ1n) is 17.4. The fourth-order valence-electron chi connectivity index (χ4n) is 8.01. The Morgan fingerprint density at radius 1 is 0.755 bits per heavy atom.